The zero-order valence-electron chi connectivity index (χ0n) is 13.9. The van der Waals surface area contributed by atoms with Gasteiger partial charge in [-0.1, -0.05) is 30.3 Å². The quantitative estimate of drug-likeness (QED) is 0.759. The van der Waals surface area contributed by atoms with E-state index in [2.05, 4.69) is 46.4 Å². The molecule has 1 atom stereocenters. The van der Waals surface area contributed by atoms with Gasteiger partial charge in [0.2, 0.25) is 0 Å². The fourth-order valence-corrected chi connectivity index (χ4v) is 3.85. The smallest absolute Gasteiger partial charge is 0.185 e. The average Bonchev–Trinajstić information content (AvgIpc) is 3.07. The van der Waals surface area contributed by atoms with Gasteiger partial charge in [0.25, 0.3) is 0 Å². The van der Waals surface area contributed by atoms with Crippen LogP contribution in [-0.2, 0) is 4.74 Å². The molecule has 1 aromatic carbocycles. The van der Waals surface area contributed by atoms with Gasteiger partial charge in [0.1, 0.15) is 0 Å². The van der Waals surface area contributed by atoms with E-state index in [-0.39, 0.29) is 0 Å². The van der Waals surface area contributed by atoms with Gasteiger partial charge < -0.3 is 9.64 Å². The summed E-state index contributed by atoms with van der Waals surface area (Å²) in [5.74, 6) is 0. The molecule has 0 spiro atoms. The van der Waals surface area contributed by atoms with Crippen LogP contribution in [0.1, 0.15) is 13.8 Å². The summed E-state index contributed by atoms with van der Waals surface area (Å²) in [4.78, 5) is 9.77. The van der Waals surface area contributed by atoms with Crippen molar-refractivity contribution in [2.45, 2.75) is 19.9 Å². The minimum absolute atomic E-state index is 0.535. The second kappa shape index (κ2) is 7.90. The Morgan fingerprint density at radius 3 is 2.83 bits per heavy atom. The van der Waals surface area contributed by atoms with Gasteiger partial charge in [-0.25, -0.2) is 4.98 Å². The number of nitrogens with zero attached hydrogens (tertiary/aromatic N) is 3. The van der Waals surface area contributed by atoms with Gasteiger partial charge in [0.15, 0.2) is 5.13 Å². The molecule has 1 aliphatic rings. The SMILES string of the molecule is CCOCCN1CCN(c2nc(-c3ccccc3)cs2)CC1C. The van der Waals surface area contributed by atoms with Crippen molar-refractivity contribution in [3.05, 3.63) is 35.7 Å². The fourth-order valence-electron chi connectivity index (χ4n) is 2.98. The predicted octanol–water partition coefficient (Wildman–Crippen LogP) is 3.36. The number of piperazine rings is 1. The molecule has 2 aromatic rings. The van der Waals surface area contributed by atoms with Crippen molar-refractivity contribution in [3.63, 3.8) is 0 Å². The predicted molar refractivity (Wildman–Crippen MR) is 97.3 cm³/mol. The zero-order valence-corrected chi connectivity index (χ0v) is 14.8. The minimum atomic E-state index is 0.535. The van der Waals surface area contributed by atoms with Crippen LogP contribution in [0.3, 0.4) is 0 Å². The van der Waals surface area contributed by atoms with Crippen LogP contribution in [0.4, 0.5) is 5.13 Å². The molecule has 5 heteroatoms. The first kappa shape index (κ1) is 16.4. The van der Waals surface area contributed by atoms with E-state index in [4.69, 9.17) is 9.72 Å². The Morgan fingerprint density at radius 2 is 2.09 bits per heavy atom. The lowest BCUT2D eigenvalue weighted by atomic mass is 10.2. The van der Waals surface area contributed by atoms with Crippen LogP contribution >= 0.6 is 11.3 Å². The van der Waals surface area contributed by atoms with Crippen molar-refractivity contribution in [1.82, 2.24) is 9.88 Å². The van der Waals surface area contributed by atoms with Crippen molar-refractivity contribution in [3.8, 4) is 11.3 Å². The van der Waals surface area contributed by atoms with E-state index in [0.29, 0.717) is 6.04 Å². The van der Waals surface area contributed by atoms with Gasteiger partial charge in [-0.05, 0) is 13.8 Å². The van der Waals surface area contributed by atoms with Crippen LogP contribution in [0.25, 0.3) is 11.3 Å². The highest BCUT2D eigenvalue weighted by Crippen LogP contribution is 2.28. The summed E-state index contributed by atoms with van der Waals surface area (Å²) in [5.41, 5.74) is 2.27. The first-order chi connectivity index (χ1) is 11.3. The van der Waals surface area contributed by atoms with Gasteiger partial charge in [-0.15, -0.1) is 11.3 Å². The third-order valence-corrected chi connectivity index (χ3v) is 5.23. The highest BCUT2D eigenvalue weighted by atomic mass is 32.1. The van der Waals surface area contributed by atoms with Crippen LogP contribution in [0.5, 0.6) is 0 Å². The molecule has 1 aromatic heterocycles. The summed E-state index contributed by atoms with van der Waals surface area (Å²) in [6, 6.07) is 10.9. The molecule has 0 saturated carbocycles. The maximum absolute atomic E-state index is 5.48. The average molecular weight is 331 g/mol. The number of benzene rings is 1. The van der Waals surface area contributed by atoms with Gasteiger partial charge in [-0.2, -0.15) is 0 Å². The molecule has 0 bridgehead atoms. The first-order valence-corrected chi connectivity index (χ1v) is 9.23. The van der Waals surface area contributed by atoms with E-state index in [9.17, 15) is 0 Å². The van der Waals surface area contributed by atoms with E-state index in [1.807, 2.05) is 13.0 Å². The second-order valence-corrected chi connectivity index (χ2v) is 6.75. The maximum Gasteiger partial charge on any atom is 0.185 e. The normalized spacial score (nSPS) is 19.2. The molecule has 1 unspecified atom stereocenters. The largest absolute Gasteiger partial charge is 0.380 e. The summed E-state index contributed by atoms with van der Waals surface area (Å²) < 4.78 is 5.48. The minimum Gasteiger partial charge on any atom is -0.380 e. The standard InChI is InChI=1S/C18H25N3OS/c1-3-22-12-11-20-9-10-21(13-15(20)2)18-19-17(14-23-18)16-7-5-4-6-8-16/h4-8,14-15H,3,9-13H2,1-2H3. The summed E-state index contributed by atoms with van der Waals surface area (Å²) in [6.45, 7) is 10.2. The molecule has 1 saturated heterocycles. The maximum atomic E-state index is 5.48. The molecular weight excluding hydrogens is 306 g/mol. The summed E-state index contributed by atoms with van der Waals surface area (Å²) in [7, 11) is 0. The Balaban J connectivity index is 1.60. The summed E-state index contributed by atoms with van der Waals surface area (Å²) in [5, 5.41) is 3.30. The van der Waals surface area contributed by atoms with E-state index in [1.165, 1.54) is 5.56 Å². The molecule has 0 radical (unpaired) electrons. The Bertz CT molecular complexity index is 601. The van der Waals surface area contributed by atoms with Crippen molar-refractivity contribution in [2.24, 2.45) is 0 Å². The molecule has 23 heavy (non-hydrogen) atoms. The lowest BCUT2D eigenvalue weighted by Gasteiger charge is -2.39. The van der Waals surface area contributed by atoms with Crippen LogP contribution in [0.15, 0.2) is 35.7 Å². The molecule has 1 fully saturated rings. The van der Waals surface area contributed by atoms with Crippen molar-refractivity contribution in [1.29, 1.82) is 0 Å². The number of thiazole rings is 1. The van der Waals surface area contributed by atoms with Crippen molar-refractivity contribution < 1.29 is 4.74 Å². The Hall–Kier alpha value is -1.43. The van der Waals surface area contributed by atoms with Crippen LogP contribution < -0.4 is 4.90 Å². The van der Waals surface area contributed by atoms with E-state index in [1.54, 1.807) is 11.3 Å². The van der Waals surface area contributed by atoms with Crippen LogP contribution in [-0.4, -0.2) is 55.3 Å². The van der Waals surface area contributed by atoms with Crippen molar-refractivity contribution in [2.75, 3.05) is 44.3 Å². The number of hydrogen-bond acceptors (Lipinski definition) is 5. The van der Waals surface area contributed by atoms with Crippen LogP contribution in [0.2, 0.25) is 0 Å². The molecule has 0 N–H and O–H groups in total. The molecule has 2 heterocycles. The Labute approximate surface area is 142 Å². The molecule has 4 nitrogen and oxygen atoms in total. The van der Waals surface area contributed by atoms with E-state index < -0.39 is 0 Å². The summed E-state index contributed by atoms with van der Waals surface area (Å²) >= 11 is 1.75. The zero-order chi connectivity index (χ0) is 16.1. The lowest BCUT2D eigenvalue weighted by molar-refractivity contribution is 0.0926. The number of aromatic nitrogens is 1. The lowest BCUT2D eigenvalue weighted by Crippen LogP contribution is -2.52. The molecular formula is C18H25N3OS. The number of hydrogen-bond donors (Lipinski definition) is 0. The molecule has 1 aliphatic heterocycles. The summed E-state index contributed by atoms with van der Waals surface area (Å²) in [6.07, 6.45) is 0. The Kier molecular flexibility index (Phi) is 5.65. The van der Waals surface area contributed by atoms with Crippen LogP contribution in [0, 0.1) is 0 Å². The number of ether oxygens (including phenoxy) is 1. The van der Waals surface area contributed by atoms with Gasteiger partial charge in [-0.3, -0.25) is 4.90 Å². The fraction of sp³-hybridized carbons (Fsp3) is 0.500. The van der Waals surface area contributed by atoms with Gasteiger partial charge in [0.05, 0.1) is 12.3 Å². The highest BCUT2D eigenvalue weighted by molar-refractivity contribution is 7.14. The van der Waals surface area contributed by atoms with E-state index in [0.717, 1.165) is 50.2 Å². The van der Waals surface area contributed by atoms with Crippen molar-refractivity contribution >= 4 is 16.5 Å². The second-order valence-electron chi connectivity index (χ2n) is 5.91. The Morgan fingerprint density at radius 1 is 1.26 bits per heavy atom. The van der Waals surface area contributed by atoms with E-state index >= 15 is 0 Å². The molecule has 0 amide bonds. The molecule has 124 valence electrons. The van der Waals surface area contributed by atoms with Gasteiger partial charge >= 0.3 is 0 Å². The number of anilines is 1. The first-order valence-electron chi connectivity index (χ1n) is 8.35. The number of rotatable bonds is 6. The highest BCUT2D eigenvalue weighted by Gasteiger charge is 2.25. The topological polar surface area (TPSA) is 28.6 Å². The third-order valence-electron chi connectivity index (χ3n) is 4.32. The monoisotopic (exact) mass is 331 g/mol. The third kappa shape index (κ3) is 4.10. The molecule has 0 aliphatic carbocycles. The van der Waals surface area contributed by atoms with Gasteiger partial charge in [0, 0.05) is 49.8 Å². The molecule has 3 rings (SSSR count).